The molecule has 0 bridgehead atoms. The summed E-state index contributed by atoms with van der Waals surface area (Å²) in [5.41, 5.74) is -0.326. The fourth-order valence-electron chi connectivity index (χ4n) is 1.05. The van der Waals surface area contributed by atoms with Gasteiger partial charge in [-0.25, -0.2) is 4.89 Å². The minimum Gasteiger partial charge on any atom is -0.387 e. The smallest absolute Gasteiger partial charge is 0.221 e. The van der Waals surface area contributed by atoms with E-state index in [1.54, 1.807) is 0 Å². The van der Waals surface area contributed by atoms with Crippen LogP contribution in [0.15, 0.2) is 0 Å². The molecule has 0 spiro atoms. The lowest BCUT2D eigenvalue weighted by atomic mass is 9.98. The average Bonchev–Trinajstić information content (AvgIpc) is 1.82. The van der Waals surface area contributed by atoms with Crippen molar-refractivity contribution >= 4 is 8.32 Å². The van der Waals surface area contributed by atoms with E-state index in [1.165, 1.54) is 0 Å². The molecule has 0 saturated carbocycles. The Kier molecular flexibility index (Phi) is 2.16. The lowest BCUT2D eigenvalue weighted by molar-refractivity contribution is -0.586. The van der Waals surface area contributed by atoms with Gasteiger partial charge >= 0.3 is 0 Å². The summed E-state index contributed by atoms with van der Waals surface area (Å²) in [5.74, 6) is -0.558. The molecule has 1 atom stereocenters. The maximum atomic E-state index is 5.87. The summed E-state index contributed by atoms with van der Waals surface area (Å²) in [6, 6.07) is 0. The standard InChI is InChI=1S/C8H18O3Si/c1-7(2)8(3,10-9-7)11-12(4,5)6/h1-6H3. The zero-order valence-corrected chi connectivity index (χ0v) is 9.72. The van der Waals surface area contributed by atoms with Gasteiger partial charge in [-0.15, -0.1) is 0 Å². The van der Waals surface area contributed by atoms with Crippen LogP contribution in [0.2, 0.25) is 19.6 Å². The topological polar surface area (TPSA) is 27.7 Å². The highest BCUT2D eigenvalue weighted by Gasteiger charge is 2.57. The first-order valence-electron chi connectivity index (χ1n) is 4.23. The quantitative estimate of drug-likeness (QED) is 0.494. The van der Waals surface area contributed by atoms with Gasteiger partial charge in [0, 0.05) is 0 Å². The van der Waals surface area contributed by atoms with E-state index in [9.17, 15) is 0 Å². The van der Waals surface area contributed by atoms with Crippen LogP contribution in [-0.2, 0) is 14.2 Å². The zero-order valence-electron chi connectivity index (χ0n) is 8.72. The van der Waals surface area contributed by atoms with Gasteiger partial charge in [0.25, 0.3) is 0 Å². The minimum absolute atomic E-state index is 0.326. The Morgan fingerprint density at radius 3 is 1.58 bits per heavy atom. The van der Waals surface area contributed by atoms with Gasteiger partial charge in [-0.3, -0.25) is 0 Å². The predicted molar refractivity (Wildman–Crippen MR) is 49.1 cm³/mol. The fraction of sp³-hybridized carbons (Fsp3) is 1.00. The molecule has 1 rings (SSSR count). The Morgan fingerprint density at radius 1 is 1.00 bits per heavy atom. The number of hydrogen-bond donors (Lipinski definition) is 0. The molecule has 3 nitrogen and oxygen atoms in total. The van der Waals surface area contributed by atoms with Gasteiger partial charge in [0.15, 0.2) is 13.9 Å². The van der Waals surface area contributed by atoms with Crippen LogP contribution in [-0.4, -0.2) is 19.7 Å². The van der Waals surface area contributed by atoms with E-state index in [2.05, 4.69) is 19.6 Å². The number of rotatable bonds is 2. The second-order valence-corrected chi connectivity index (χ2v) is 9.27. The van der Waals surface area contributed by atoms with Gasteiger partial charge in [-0.1, -0.05) is 0 Å². The van der Waals surface area contributed by atoms with Crippen LogP contribution >= 0.6 is 0 Å². The molecule has 0 radical (unpaired) electrons. The van der Waals surface area contributed by atoms with E-state index in [0.717, 1.165) is 0 Å². The maximum absolute atomic E-state index is 5.87. The first-order valence-corrected chi connectivity index (χ1v) is 7.64. The summed E-state index contributed by atoms with van der Waals surface area (Å²) in [6.45, 7) is 12.3. The number of hydrogen-bond acceptors (Lipinski definition) is 3. The van der Waals surface area contributed by atoms with Crippen LogP contribution in [0.25, 0.3) is 0 Å². The predicted octanol–water partition coefficient (Wildman–Crippen LogP) is 2.29. The van der Waals surface area contributed by atoms with Crippen molar-refractivity contribution in [3.63, 3.8) is 0 Å². The van der Waals surface area contributed by atoms with Crippen LogP contribution in [0.4, 0.5) is 0 Å². The van der Waals surface area contributed by atoms with Crippen molar-refractivity contribution in [1.82, 2.24) is 0 Å². The van der Waals surface area contributed by atoms with Gasteiger partial charge in [0.05, 0.1) is 0 Å². The van der Waals surface area contributed by atoms with Gasteiger partial charge < -0.3 is 4.43 Å². The summed E-state index contributed by atoms with van der Waals surface area (Å²) in [7, 11) is -1.56. The summed E-state index contributed by atoms with van der Waals surface area (Å²) in [6.07, 6.45) is 0. The second-order valence-electron chi connectivity index (χ2n) is 4.84. The normalized spacial score (nSPS) is 34.5. The molecule has 12 heavy (non-hydrogen) atoms. The SMILES string of the molecule is CC1(C)OOC1(C)O[Si](C)(C)C. The lowest BCUT2D eigenvalue weighted by Crippen LogP contribution is -2.65. The van der Waals surface area contributed by atoms with Crippen molar-refractivity contribution in [3.05, 3.63) is 0 Å². The van der Waals surface area contributed by atoms with E-state index in [1.807, 2.05) is 20.8 Å². The Morgan fingerprint density at radius 2 is 1.50 bits per heavy atom. The highest BCUT2D eigenvalue weighted by atomic mass is 28.4. The van der Waals surface area contributed by atoms with Gasteiger partial charge in [-0.2, -0.15) is 4.89 Å². The molecule has 1 saturated heterocycles. The minimum atomic E-state index is -1.56. The largest absolute Gasteiger partial charge is 0.387 e. The Hall–Kier alpha value is 0.0969. The molecule has 0 aromatic rings. The van der Waals surface area contributed by atoms with E-state index in [4.69, 9.17) is 14.2 Å². The molecule has 0 aliphatic carbocycles. The maximum Gasteiger partial charge on any atom is 0.221 e. The summed E-state index contributed by atoms with van der Waals surface area (Å²) >= 11 is 0. The first-order chi connectivity index (χ1) is 5.16. The lowest BCUT2D eigenvalue weighted by Gasteiger charge is -2.52. The third-order valence-corrected chi connectivity index (χ3v) is 3.01. The molecule has 1 aliphatic heterocycles. The summed E-state index contributed by atoms with van der Waals surface area (Å²) < 4.78 is 5.87. The third-order valence-electron chi connectivity index (χ3n) is 2.00. The van der Waals surface area contributed by atoms with Crippen molar-refractivity contribution in [2.45, 2.75) is 51.8 Å². The highest BCUT2D eigenvalue weighted by Crippen LogP contribution is 2.42. The molecule has 1 heterocycles. The van der Waals surface area contributed by atoms with E-state index in [0.29, 0.717) is 0 Å². The zero-order chi connectivity index (χ0) is 9.62. The molecule has 1 aliphatic rings. The van der Waals surface area contributed by atoms with Crippen LogP contribution in [0, 0.1) is 0 Å². The summed E-state index contributed by atoms with van der Waals surface area (Å²) in [4.78, 5) is 10.00. The molecular weight excluding hydrogens is 172 g/mol. The van der Waals surface area contributed by atoms with Crippen molar-refractivity contribution in [2.75, 3.05) is 0 Å². The van der Waals surface area contributed by atoms with Crippen LogP contribution < -0.4 is 0 Å². The molecule has 0 N–H and O–H groups in total. The molecule has 0 amide bonds. The van der Waals surface area contributed by atoms with Gasteiger partial charge in [0.1, 0.15) is 0 Å². The van der Waals surface area contributed by atoms with Crippen LogP contribution in [0.1, 0.15) is 20.8 Å². The Balaban J connectivity index is 2.63. The average molecular weight is 190 g/mol. The Labute approximate surface area is 75.1 Å². The van der Waals surface area contributed by atoms with E-state index >= 15 is 0 Å². The molecule has 0 aromatic carbocycles. The summed E-state index contributed by atoms with van der Waals surface area (Å²) in [5, 5.41) is 0. The van der Waals surface area contributed by atoms with Crippen LogP contribution in [0.5, 0.6) is 0 Å². The van der Waals surface area contributed by atoms with Crippen molar-refractivity contribution in [1.29, 1.82) is 0 Å². The molecular formula is C8H18O3Si. The molecule has 1 fully saturated rings. The second kappa shape index (κ2) is 2.54. The molecule has 4 heteroatoms. The van der Waals surface area contributed by atoms with Crippen molar-refractivity contribution in [3.8, 4) is 0 Å². The van der Waals surface area contributed by atoms with Crippen molar-refractivity contribution in [2.24, 2.45) is 0 Å². The fourth-order valence-corrected chi connectivity index (χ4v) is 2.50. The monoisotopic (exact) mass is 190 g/mol. The third kappa shape index (κ3) is 1.71. The van der Waals surface area contributed by atoms with Gasteiger partial charge in [-0.05, 0) is 40.4 Å². The molecule has 72 valence electrons. The van der Waals surface area contributed by atoms with Crippen molar-refractivity contribution < 1.29 is 14.2 Å². The highest BCUT2D eigenvalue weighted by molar-refractivity contribution is 6.69. The molecule has 0 aromatic heterocycles. The van der Waals surface area contributed by atoms with E-state index in [-0.39, 0.29) is 5.60 Å². The van der Waals surface area contributed by atoms with Gasteiger partial charge in [0.2, 0.25) is 5.79 Å². The first kappa shape index (κ1) is 10.2. The van der Waals surface area contributed by atoms with Crippen LogP contribution in [0.3, 0.4) is 0 Å². The van der Waals surface area contributed by atoms with E-state index < -0.39 is 14.1 Å². The molecule has 1 unspecified atom stereocenters. The Bertz CT molecular complexity index is 185.